The van der Waals surface area contributed by atoms with Gasteiger partial charge in [0.15, 0.2) is 0 Å². The highest BCUT2D eigenvalue weighted by atomic mass is 32.1. The van der Waals surface area contributed by atoms with E-state index in [9.17, 15) is 0 Å². The van der Waals surface area contributed by atoms with E-state index in [0.29, 0.717) is 6.04 Å². The summed E-state index contributed by atoms with van der Waals surface area (Å²) < 4.78 is 0. The van der Waals surface area contributed by atoms with Gasteiger partial charge in [0.1, 0.15) is 5.01 Å². The van der Waals surface area contributed by atoms with Crippen molar-refractivity contribution in [3.05, 3.63) is 26.4 Å². The van der Waals surface area contributed by atoms with Gasteiger partial charge in [-0.15, -0.1) is 22.7 Å². The molecule has 0 aromatic carbocycles. The molecule has 102 valence electrons. The van der Waals surface area contributed by atoms with Gasteiger partial charge in [-0.3, -0.25) is 0 Å². The van der Waals surface area contributed by atoms with Crippen molar-refractivity contribution in [2.24, 2.45) is 0 Å². The van der Waals surface area contributed by atoms with Crippen LogP contribution in [0, 0.1) is 13.8 Å². The van der Waals surface area contributed by atoms with Gasteiger partial charge >= 0.3 is 0 Å². The summed E-state index contributed by atoms with van der Waals surface area (Å²) in [6, 6.07) is 2.81. The largest absolute Gasteiger partial charge is 0.309 e. The summed E-state index contributed by atoms with van der Waals surface area (Å²) in [4.78, 5) is 9.16. The van der Waals surface area contributed by atoms with Crippen molar-refractivity contribution in [3.8, 4) is 10.6 Å². The molecule has 3 rings (SSSR count). The van der Waals surface area contributed by atoms with E-state index in [1.165, 1.54) is 43.7 Å². The van der Waals surface area contributed by atoms with E-state index in [0.717, 1.165) is 13.0 Å². The number of hydrogen-bond donors (Lipinski definition) is 1. The molecule has 0 saturated heterocycles. The fraction of sp³-hybridized carbons (Fsp3) is 0.533. The first-order chi connectivity index (χ1) is 9.19. The number of hydrogen-bond acceptors (Lipinski definition) is 4. The highest BCUT2D eigenvalue weighted by molar-refractivity contribution is 7.16. The normalized spacial score (nSPS) is 18.6. The molecule has 1 aliphatic rings. The second-order valence-electron chi connectivity index (χ2n) is 5.16. The molecule has 2 aromatic rings. The Kier molecular flexibility index (Phi) is 3.74. The zero-order chi connectivity index (χ0) is 13.4. The molecule has 2 nitrogen and oxygen atoms in total. The highest BCUT2D eigenvalue weighted by Gasteiger charge is 2.24. The smallest absolute Gasteiger partial charge is 0.125 e. The lowest BCUT2D eigenvalue weighted by Gasteiger charge is -2.21. The Morgan fingerprint density at radius 3 is 2.89 bits per heavy atom. The predicted molar refractivity (Wildman–Crippen MR) is 84.3 cm³/mol. The molecule has 1 aliphatic carbocycles. The van der Waals surface area contributed by atoms with Crippen LogP contribution in [0.15, 0.2) is 6.07 Å². The molecule has 1 N–H and O–H groups in total. The molecular weight excluding hydrogens is 272 g/mol. The highest BCUT2D eigenvalue weighted by Crippen LogP contribution is 2.40. The maximum absolute atomic E-state index is 4.91. The predicted octanol–water partition coefficient (Wildman–Crippen LogP) is 4.48. The van der Waals surface area contributed by atoms with Gasteiger partial charge in [-0.1, -0.05) is 6.92 Å². The van der Waals surface area contributed by atoms with Gasteiger partial charge in [-0.25, -0.2) is 4.98 Å². The van der Waals surface area contributed by atoms with Crippen molar-refractivity contribution in [2.45, 2.75) is 46.1 Å². The summed E-state index contributed by atoms with van der Waals surface area (Å²) in [6.07, 6.45) is 3.66. The average molecular weight is 292 g/mol. The van der Waals surface area contributed by atoms with Crippen LogP contribution < -0.4 is 5.32 Å². The maximum Gasteiger partial charge on any atom is 0.125 e. The standard InChI is InChI=1S/C15H20N2S2/c1-4-16-12-6-5-7-13-14(12)19-15(17-13)11-8-9(2)18-10(11)3/h8,12,16H,4-7H2,1-3H3. The quantitative estimate of drug-likeness (QED) is 0.902. The second kappa shape index (κ2) is 5.35. The molecule has 0 amide bonds. The first-order valence-electron chi connectivity index (χ1n) is 6.99. The third kappa shape index (κ3) is 2.49. The van der Waals surface area contributed by atoms with Gasteiger partial charge in [0.05, 0.1) is 5.69 Å². The van der Waals surface area contributed by atoms with Gasteiger partial charge in [-0.05, 0) is 45.7 Å². The molecular formula is C15H20N2S2. The zero-order valence-electron chi connectivity index (χ0n) is 11.7. The Morgan fingerprint density at radius 2 is 2.21 bits per heavy atom. The monoisotopic (exact) mass is 292 g/mol. The number of thiophene rings is 1. The SMILES string of the molecule is CCNC1CCCc2nc(-c3cc(C)sc3C)sc21. The summed E-state index contributed by atoms with van der Waals surface area (Å²) in [7, 11) is 0. The molecule has 0 bridgehead atoms. The number of rotatable bonds is 3. The molecule has 1 unspecified atom stereocenters. The van der Waals surface area contributed by atoms with E-state index in [2.05, 4.69) is 32.2 Å². The molecule has 0 saturated carbocycles. The van der Waals surface area contributed by atoms with Crippen LogP contribution >= 0.6 is 22.7 Å². The number of thiazole rings is 1. The van der Waals surface area contributed by atoms with Crippen LogP contribution in [0.25, 0.3) is 10.6 Å². The maximum atomic E-state index is 4.91. The third-order valence-corrected chi connectivity index (χ3v) is 5.88. The molecule has 1 atom stereocenters. The van der Waals surface area contributed by atoms with E-state index in [1.54, 1.807) is 0 Å². The molecule has 19 heavy (non-hydrogen) atoms. The Bertz CT molecular complexity index is 583. The minimum absolute atomic E-state index is 0.528. The van der Waals surface area contributed by atoms with E-state index in [1.807, 2.05) is 22.7 Å². The van der Waals surface area contributed by atoms with Crippen LogP contribution in [0.5, 0.6) is 0 Å². The van der Waals surface area contributed by atoms with Crippen molar-refractivity contribution in [3.63, 3.8) is 0 Å². The summed E-state index contributed by atoms with van der Waals surface area (Å²) in [5, 5.41) is 4.82. The number of fused-ring (bicyclic) bond motifs is 1. The van der Waals surface area contributed by atoms with Gasteiger partial charge in [0, 0.05) is 26.2 Å². The van der Waals surface area contributed by atoms with Gasteiger partial charge in [0.2, 0.25) is 0 Å². The van der Waals surface area contributed by atoms with E-state index in [-0.39, 0.29) is 0 Å². The second-order valence-corrected chi connectivity index (χ2v) is 7.65. The van der Waals surface area contributed by atoms with E-state index >= 15 is 0 Å². The van der Waals surface area contributed by atoms with Crippen molar-refractivity contribution in [1.82, 2.24) is 10.3 Å². The fourth-order valence-corrected chi connectivity index (χ4v) is 5.10. The molecule has 4 heteroatoms. The molecule has 0 spiro atoms. The summed E-state index contributed by atoms with van der Waals surface area (Å²) >= 11 is 3.77. The Balaban J connectivity index is 1.99. The number of nitrogens with one attached hydrogen (secondary N) is 1. The van der Waals surface area contributed by atoms with Gasteiger partial charge < -0.3 is 5.32 Å². The van der Waals surface area contributed by atoms with Crippen molar-refractivity contribution < 1.29 is 0 Å². The van der Waals surface area contributed by atoms with Crippen LogP contribution in [-0.2, 0) is 6.42 Å². The number of nitrogens with zero attached hydrogens (tertiary/aromatic N) is 1. The number of aromatic nitrogens is 1. The summed E-state index contributed by atoms with van der Waals surface area (Å²) in [6.45, 7) is 7.60. The molecule has 0 radical (unpaired) electrons. The first-order valence-corrected chi connectivity index (χ1v) is 8.62. The van der Waals surface area contributed by atoms with Gasteiger partial charge in [-0.2, -0.15) is 0 Å². The molecule has 2 aromatic heterocycles. The van der Waals surface area contributed by atoms with Crippen molar-refractivity contribution in [2.75, 3.05) is 6.54 Å². The zero-order valence-corrected chi connectivity index (χ0v) is 13.4. The van der Waals surface area contributed by atoms with Crippen LogP contribution in [0.4, 0.5) is 0 Å². The van der Waals surface area contributed by atoms with Crippen LogP contribution in [0.3, 0.4) is 0 Å². The fourth-order valence-electron chi connectivity index (χ4n) is 2.82. The lowest BCUT2D eigenvalue weighted by Crippen LogP contribution is -2.23. The van der Waals surface area contributed by atoms with Crippen LogP contribution in [-0.4, -0.2) is 11.5 Å². The molecule has 0 aliphatic heterocycles. The van der Waals surface area contributed by atoms with Crippen LogP contribution in [0.2, 0.25) is 0 Å². The minimum atomic E-state index is 0.528. The number of aryl methyl sites for hydroxylation is 3. The lowest BCUT2D eigenvalue weighted by molar-refractivity contribution is 0.476. The van der Waals surface area contributed by atoms with Gasteiger partial charge in [0.25, 0.3) is 0 Å². The summed E-state index contributed by atoms with van der Waals surface area (Å²) in [5.74, 6) is 0. The van der Waals surface area contributed by atoms with Crippen molar-refractivity contribution >= 4 is 22.7 Å². The van der Waals surface area contributed by atoms with Crippen LogP contribution in [0.1, 0.15) is 46.1 Å². The van der Waals surface area contributed by atoms with E-state index in [4.69, 9.17) is 4.98 Å². The molecule has 0 fully saturated rings. The summed E-state index contributed by atoms with van der Waals surface area (Å²) in [5.41, 5.74) is 2.68. The lowest BCUT2D eigenvalue weighted by atomic mass is 9.98. The first kappa shape index (κ1) is 13.3. The Morgan fingerprint density at radius 1 is 1.37 bits per heavy atom. The van der Waals surface area contributed by atoms with Crippen molar-refractivity contribution in [1.29, 1.82) is 0 Å². The Labute approximate surface area is 122 Å². The third-order valence-electron chi connectivity index (χ3n) is 3.67. The topological polar surface area (TPSA) is 24.9 Å². The molecule has 2 heterocycles. The van der Waals surface area contributed by atoms with E-state index < -0.39 is 0 Å². The minimum Gasteiger partial charge on any atom is -0.309 e. The Hall–Kier alpha value is -0.710. The average Bonchev–Trinajstić information content (AvgIpc) is 2.93.